The Morgan fingerprint density at radius 3 is 2.67 bits per heavy atom. The summed E-state index contributed by atoms with van der Waals surface area (Å²) in [6.45, 7) is 4.53. The molecule has 0 aromatic heterocycles. The highest BCUT2D eigenvalue weighted by atomic mass is 32.2. The van der Waals surface area contributed by atoms with Gasteiger partial charge < -0.3 is 0 Å². The first-order valence-electron chi connectivity index (χ1n) is 4.19. The molecule has 0 aliphatic carbocycles. The first-order valence-corrected chi connectivity index (χ1v) is 6.85. The molecule has 1 fully saturated rings. The highest BCUT2D eigenvalue weighted by Gasteiger charge is 2.30. The standard InChI is InChI=1S/C7H15NO2S2/c1-3-6-12(9,10)8-4-5-11-7(8)2/h7H,3-6H2,1-2H3. The van der Waals surface area contributed by atoms with Crippen LogP contribution in [0.4, 0.5) is 0 Å². The Labute approximate surface area is 78.6 Å². The van der Waals surface area contributed by atoms with E-state index in [-0.39, 0.29) is 11.1 Å². The molecular formula is C7H15NO2S2. The first-order chi connectivity index (χ1) is 5.58. The van der Waals surface area contributed by atoms with Crippen LogP contribution >= 0.6 is 11.8 Å². The number of nitrogens with zero attached hydrogens (tertiary/aromatic N) is 1. The normalized spacial score (nSPS) is 26.3. The fourth-order valence-electron chi connectivity index (χ4n) is 1.32. The van der Waals surface area contributed by atoms with Gasteiger partial charge in [0.15, 0.2) is 0 Å². The van der Waals surface area contributed by atoms with Crippen LogP contribution < -0.4 is 0 Å². The molecular weight excluding hydrogens is 194 g/mol. The van der Waals surface area contributed by atoms with Gasteiger partial charge in [0.25, 0.3) is 0 Å². The zero-order chi connectivity index (χ0) is 9.19. The van der Waals surface area contributed by atoms with E-state index >= 15 is 0 Å². The lowest BCUT2D eigenvalue weighted by molar-refractivity contribution is 0.441. The van der Waals surface area contributed by atoms with E-state index in [0.717, 1.165) is 5.75 Å². The van der Waals surface area contributed by atoms with Crippen molar-refractivity contribution in [3.05, 3.63) is 0 Å². The molecule has 3 nitrogen and oxygen atoms in total. The van der Waals surface area contributed by atoms with Crippen molar-refractivity contribution in [1.82, 2.24) is 4.31 Å². The highest BCUT2D eigenvalue weighted by molar-refractivity contribution is 8.01. The maximum atomic E-state index is 11.6. The fraction of sp³-hybridized carbons (Fsp3) is 1.00. The summed E-state index contributed by atoms with van der Waals surface area (Å²) < 4.78 is 24.7. The molecule has 1 unspecified atom stereocenters. The third-order valence-electron chi connectivity index (χ3n) is 1.90. The van der Waals surface area contributed by atoms with Crippen LogP contribution in [0.1, 0.15) is 20.3 Å². The van der Waals surface area contributed by atoms with Gasteiger partial charge in [0.1, 0.15) is 0 Å². The van der Waals surface area contributed by atoms with Gasteiger partial charge in [-0.15, -0.1) is 11.8 Å². The smallest absolute Gasteiger partial charge is 0.212 e. The van der Waals surface area contributed by atoms with Crippen LogP contribution in [0.3, 0.4) is 0 Å². The topological polar surface area (TPSA) is 37.4 Å². The molecule has 1 rings (SSSR count). The summed E-state index contributed by atoms with van der Waals surface area (Å²) >= 11 is 1.70. The molecule has 0 radical (unpaired) electrons. The number of sulfonamides is 1. The van der Waals surface area contributed by atoms with Crippen molar-refractivity contribution in [2.45, 2.75) is 25.6 Å². The summed E-state index contributed by atoms with van der Waals surface area (Å²) in [5, 5.41) is 0.140. The van der Waals surface area contributed by atoms with Gasteiger partial charge in [-0.1, -0.05) is 6.92 Å². The Kier molecular flexibility index (Phi) is 3.43. The van der Waals surface area contributed by atoms with E-state index in [0.29, 0.717) is 13.0 Å². The average molecular weight is 209 g/mol. The van der Waals surface area contributed by atoms with Crippen LogP contribution in [-0.2, 0) is 10.0 Å². The molecule has 0 aromatic rings. The molecule has 0 amide bonds. The van der Waals surface area contributed by atoms with E-state index in [1.165, 1.54) is 0 Å². The predicted molar refractivity (Wildman–Crippen MR) is 52.7 cm³/mol. The van der Waals surface area contributed by atoms with Crippen molar-refractivity contribution in [3.63, 3.8) is 0 Å². The van der Waals surface area contributed by atoms with Gasteiger partial charge in [0.05, 0.1) is 11.1 Å². The molecule has 1 saturated heterocycles. The SMILES string of the molecule is CCCS(=O)(=O)N1CCSC1C. The molecule has 0 bridgehead atoms. The van der Waals surface area contributed by atoms with Crippen LogP contribution in [0.25, 0.3) is 0 Å². The average Bonchev–Trinajstić information content (AvgIpc) is 2.35. The van der Waals surface area contributed by atoms with Crippen molar-refractivity contribution in [1.29, 1.82) is 0 Å². The Balaban J connectivity index is 2.68. The minimum Gasteiger partial charge on any atom is -0.212 e. The number of hydrogen-bond donors (Lipinski definition) is 0. The van der Waals surface area contributed by atoms with Crippen LogP contribution in [0, 0.1) is 0 Å². The van der Waals surface area contributed by atoms with E-state index in [4.69, 9.17) is 0 Å². The van der Waals surface area contributed by atoms with Crippen LogP contribution in [0.5, 0.6) is 0 Å². The number of hydrogen-bond acceptors (Lipinski definition) is 3. The van der Waals surface area contributed by atoms with Gasteiger partial charge in [0, 0.05) is 12.3 Å². The Morgan fingerprint density at radius 2 is 2.25 bits per heavy atom. The largest absolute Gasteiger partial charge is 0.215 e. The number of rotatable bonds is 3. The van der Waals surface area contributed by atoms with Gasteiger partial charge in [-0.05, 0) is 13.3 Å². The summed E-state index contributed by atoms with van der Waals surface area (Å²) in [4.78, 5) is 0. The quantitative estimate of drug-likeness (QED) is 0.699. The van der Waals surface area contributed by atoms with E-state index in [9.17, 15) is 8.42 Å². The molecule has 1 heterocycles. The molecule has 0 saturated carbocycles. The minimum absolute atomic E-state index is 0.140. The summed E-state index contributed by atoms with van der Waals surface area (Å²) in [7, 11) is -2.95. The second kappa shape index (κ2) is 3.98. The van der Waals surface area contributed by atoms with Gasteiger partial charge in [0.2, 0.25) is 10.0 Å². The molecule has 12 heavy (non-hydrogen) atoms. The van der Waals surface area contributed by atoms with E-state index < -0.39 is 10.0 Å². The minimum atomic E-state index is -2.95. The highest BCUT2D eigenvalue weighted by Crippen LogP contribution is 2.26. The van der Waals surface area contributed by atoms with Crippen molar-refractivity contribution < 1.29 is 8.42 Å². The number of thioether (sulfide) groups is 1. The third-order valence-corrected chi connectivity index (χ3v) is 5.32. The molecule has 1 aliphatic heterocycles. The van der Waals surface area contributed by atoms with E-state index in [1.54, 1.807) is 16.1 Å². The summed E-state index contributed by atoms with van der Waals surface area (Å²) in [6, 6.07) is 0. The zero-order valence-corrected chi connectivity index (χ0v) is 9.12. The molecule has 5 heteroatoms. The summed E-state index contributed by atoms with van der Waals surface area (Å²) in [5.41, 5.74) is 0. The monoisotopic (exact) mass is 209 g/mol. The maximum Gasteiger partial charge on any atom is 0.215 e. The maximum absolute atomic E-state index is 11.6. The van der Waals surface area contributed by atoms with Gasteiger partial charge in [-0.2, -0.15) is 4.31 Å². The van der Waals surface area contributed by atoms with E-state index in [2.05, 4.69) is 0 Å². The predicted octanol–water partition coefficient (Wildman–Crippen LogP) is 1.12. The lowest BCUT2D eigenvalue weighted by Crippen LogP contribution is -2.34. The van der Waals surface area contributed by atoms with Crippen molar-refractivity contribution in [2.75, 3.05) is 18.1 Å². The molecule has 0 N–H and O–H groups in total. The van der Waals surface area contributed by atoms with E-state index in [1.807, 2.05) is 13.8 Å². The van der Waals surface area contributed by atoms with Gasteiger partial charge in [-0.25, -0.2) is 8.42 Å². The second-order valence-corrected chi connectivity index (χ2v) is 6.36. The molecule has 72 valence electrons. The van der Waals surface area contributed by atoms with Crippen LogP contribution in [-0.4, -0.2) is 36.1 Å². The van der Waals surface area contributed by atoms with Crippen molar-refractivity contribution >= 4 is 21.8 Å². The Morgan fingerprint density at radius 1 is 1.58 bits per heavy atom. The summed E-state index contributed by atoms with van der Waals surface area (Å²) in [6.07, 6.45) is 0.705. The summed E-state index contributed by atoms with van der Waals surface area (Å²) in [5.74, 6) is 1.22. The molecule has 1 aliphatic rings. The van der Waals surface area contributed by atoms with Crippen molar-refractivity contribution in [2.24, 2.45) is 0 Å². The van der Waals surface area contributed by atoms with Crippen LogP contribution in [0.15, 0.2) is 0 Å². The third kappa shape index (κ3) is 2.14. The lowest BCUT2D eigenvalue weighted by Gasteiger charge is -2.19. The Bertz CT molecular complexity index is 238. The van der Waals surface area contributed by atoms with Crippen LogP contribution in [0.2, 0.25) is 0 Å². The first kappa shape index (κ1) is 10.3. The molecule has 0 aromatic carbocycles. The van der Waals surface area contributed by atoms with Gasteiger partial charge in [-0.3, -0.25) is 0 Å². The zero-order valence-electron chi connectivity index (χ0n) is 7.49. The molecule has 1 atom stereocenters. The van der Waals surface area contributed by atoms with Crippen molar-refractivity contribution in [3.8, 4) is 0 Å². The fourth-order valence-corrected chi connectivity index (χ4v) is 4.50. The van der Waals surface area contributed by atoms with Gasteiger partial charge >= 0.3 is 0 Å². The lowest BCUT2D eigenvalue weighted by atomic mass is 10.6. The second-order valence-electron chi connectivity index (χ2n) is 2.90. The Hall–Kier alpha value is 0.260. The molecule has 0 spiro atoms.